The Morgan fingerprint density at radius 1 is 0.929 bits per heavy atom. The third kappa shape index (κ3) is 4.37. The molecule has 1 atom stereocenters. The fraction of sp³-hybridized carbons (Fsp3) is 0.435. The van der Waals surface area contributed by atoms with Gasteiger partial charge in [0.05, 0.1) is 6.42 Å². The van der Waals surface area contributed by atoms with E-state index in [1.807, 2.05) is 36.4 Å². The van der Waals surface area contributed by atoms with Crippen LogP contribution in [0.4, 0.5) is 0 Å². The molecule has 0 bridgehead atoms. The number of piperidine rings is 1. The van der Waals surface area contributed by atoms with Crippen molar-refractivity contribution in [2.45, 2.75) is 44.2 Å². The number of benzene rings is 2. The molecule has 1 spiro atoms. The zero-order valence-electron chi connectivity index (χ0n) is 16.0. The number of hydrogen-bond donors (Lipinski definition) is 0. The van der Waals surface area contributed by atoms with Gasteiger partial charge in [0, 0.05) is 35.2 Å². The Labute approximate surface area is 177 Å². The van der Waals surface area contributed by atoms with Gasteiger partial charge in [-0.25, -0.2) is 0 Å². The van der Waals surface area contributed by atoms with E-state index in [1.165, 1.54) is 12.0 Å². The quantitative estimate of drug-likeness (QED) is 0.683. The lowest BCUT2D eigenvalue weighted by molar-refractivity contribution is -0.134. The lowest BCUT2D eigenvalue weighted by Crippen LogP contribution is -2.56. The number of carbonyl (C=O) groups is 1. The molecule has 2 aliphatic heterocycles. The molecule has 2 heterocycles. The normalized spacial score (nSPS) is 22.7. The maximum absolute atomic E-state index is 13.0. The molecule has 1 unspecified atom stereocenters. The summed E-state index contributed by atoms with van der Waals surface area (Å²) in [6.45, 7) is 3.69. The second-order valence-electron chi connectivity index (χ2n) is 8.10. The van der Waals surface area contributed by atoms with Gasteiger partial charge in [-0.3, -0.25) is 9.69 Å². The summed E-state index contributed by atoms with van der Waals surface area (Å²) in [6.07, 6.45) is 5.04. The summed E-state index contributed by atoms with van der Waals surface area (Å²) in [6, 6.07) is 15.7. The van der Waals surface area contributed by atoms with Gasteiger partial charge in [-0.1, -0.05) is 47.5 Å². The molecule has 28 heavy (non-hydrogen) atoms. The first kappa shape index (κ1) is 19.8. The molecule has 2 aromatic carbocycles. The molecular formula is C23H26Cl2N2O. The summed E-state index contributed by atoms with van der Waals surface area (Å²) in [4.78, 5) is 17.6. The molecule has 4 rings (SSSR count). The summed E-state index contributed by atoms with van der Waals surface area (Å²) in [7, 11) is 0. The fourth-order valence-corrected chi connectivity index (χ4v) is 5.11. The third-order valence-electron chi connectivity index (χ3n) is 6.18. The van der Waals surface area contributed by atoms with E-state index >= 15 is 0 Å². The van der Waals surface area contributed by atoms with Crippen molar-refractivity contribution in [1.29, 1.82) is 0 Å². The van der Waals surface area contributed by atoms with Gasteiger partial charge >= 0.3 is 0 Å². The van der Waals surface area contributed by atoms with Crippen LogP contribution in [0.2, 0.25) is 10.0 Å². The molecule has 2 saturated heterocycles. The molecule has 148 valence electrons. The first-order chi connectivity index (χ1) is 13.5. The molecule has 0 aliphatic carbocycles. The third-order valence-corrected chi connectivity index (χ3v) is 6.67. The van der Waals surface area contributed by atoms with Gasteiger partial charge in [-0.05, 0) is 67.6 Å². The van der Waals surface area contributed by atoms with E-state index in [0.29, 0.717) is 11.4 Å². The Bertz CT molecular complexity index is 839. The highest BCUT2D eigenvalue weighted by molar-refractivity contribution is 6.30. The second-order valence-corrected chi connectivity index (χ2v) is 8.97. The van der Waals surface area contributed by atoms with Crippen LogP contribution in [-0.4, -0.2) is 40.9 Å². The number of amides is 1. The van der Waals surface area contributed by atoms with Crippen molar-refractivity contribution in [3.8, 4) is 0 Å². The minimum absolute atomic E-state index is 0.107. The minimum Gasteiger partial charge on any atom is -0.341 e. The summed E-state index contributed by atoms with van der Waals surface area (Å²) >= 11 is 12.1. The number of likely N-dealkylation sites (tertiary alicyclic amines) is 2. The average molecular weight is 417 g/mol. The van der Waals surface area contributed by atoms with Gasteiger partial charge < -0.3 is 4.90 Å². The van der Waals surface area contributed by atoms with Gasteiger partial charge in [-0.15, -0.1) is 0 Å². The topological polar surface area (TPSA) is 23.6 Å². The maximum atomic E-state index is 13.0. The van der Waals surface area contributed by atoms with Crippen molar-refractivity contribution in [2.24, 2.45) is 0 Å². The number of halogens is 2. The molecule has 5 heteroatoms. The molecule has 0 radical (unpaired) electrons. The molecule has 3 nitrogen and oxygen atoms in total. The molecule has 1 amide bonds. The Morgan fingerprint density at radius 2 is 1.68 bits per heavy atom. The van der Waals surface area contributed by atoms with Crippen molar-refractivity contribution in [3.63, 3.8) is 0 Å². The van der Waals surface area contributed by atoms with Crippen molar-refractivity contribution >= 4 is 29.1 Å². The largest absolute Gasteiger partial charge is 0.341 e. The van der Waals surface area contributed by atoms with Crippen LogP contribution in [0, 0.1) is 0 Å². The molecular weight excluding hydrogens is 391 g/mol. The van der Waals surface area contributed by atoms with Gasteiger partial charge in [0.25, 0.3) is 0 Å². The Hall–Kier alpha value is -1.55. The van der Waals surface area contributed by atoms with Crippen molar-refractivity contribution in [3.05, 3.63) is 69.7 Å². The van der Waals surface area contributed by atoms with Crippen LogP contribution < -0.4 is 0 Å². The van der Waals surface area contributed by atoms with Crippen molar-refractivity contribution in [2.75, 3.05) is 19.6 Å². The first-order valence-electron chi connectivity index (χ1n) is 10.1. The fourth-order valence-electron chi connectivity index (χ4n) is 4.77. The highest BCUT2D eigenvalue weighted by atomic mass is 35.5. The van der Waals surface area contributed by atoms with Crippen LogP contribution in [0.5, 0.6) is 0 Å². The molecule has 0 N–H and O–H groups in total. The van der Waals surface area contributed by atoms with Crippen LogP contribution >= 0.6 is 23.2 Å². The van der Waals surface area contributed by atoms with E-state index in [4.69, 9.17) is 23.2 Å². The average Bonchev–Trinajstić information content (AvgIpc) is 3.05. The Morgan fingerprint density at radius 3 is 2.43 bits per heavy atom. The van der Waals surface area contributed by atoms with E-state index in [0.717, 1.165) is 56.0 Å². The van der Waals surface area contributed by atoms with Crippen molar-refractivity contribution in [1.82, 2.24) is 9.80 Å². The van der Waals surface area contributed by atoms with Crippen LogP contribution in [0.25, 0.3) is 0 Å². The van der Waals surface area contributed by atoms with Gasteiger partial charge in [0.15, 0.2) is 0 Å². The predicted octanol–water partition coefficient (Wildman–Crippen LogP) is 5.19. The SMILES string of the molecule is O=C(Cc1ccc(Cl)cc1)N1CCCC2(CCCN2Cc2cccc(Cl)c2)C1. The monoisotopic (exact) mass is 416 g/mol. The number of nitrogens with zero attached hydrogens (tertiary/aromatic N) is 2. The molecule has 2 fully saturated rings. The summed E-state index contributed by atoms with van der Waals surface area (Å²) < 4.78 is 0. The van der Waals surface area contributed by atoms with E-state index in [-0.39, 0.29) is 11.4 Å². The van der Waals surface area contributed by atoms with Crippen LogP contribution in [0.15, 0.2) is 48.5 Å². The number of carbonyl (C=O) groups excluding carboxylic acids is 1. The van der Waals surface area contributed by atoms with Gasteiger partial charge in [0.1, 0.15) is 0 Å². The van der Waals surface area contributed by atoms with Crippen LogP contribution in [0.1, 0.15) is 36.8 Å². The highest BCUT2D eigenvalue weighted by Gasteiger charge is 2.44. The van der Waals surface area contributed by atoms with Gasteiger partial charge in [0.2, 0.25) is 5.91 Å². The highest BCUT2D eigenvalue weighted by Crippen LogP contribution is 2.38. The second kappa shape index (κ2) is 8.44. The molecule has 2 aromatic rings. The summed E-state index contributed by atoms with van der Waals surface area (Å²) in [5.74, 6) is 0.219. The Balaban J connectivity index is 1.45. The standard InChI is InChI=1S/C23H26Cl2N2O/c24-20-8-6-18(7-9-20)15-22(28)26-12-2-10-23(17-26)11-3-13-27(23)16-19-4-1-5-21(25)14-19/h1,4-9,14H,2-3,10-13,15-17H2. The smallest absolute Gasteiger partial charge is 0.227 e. The zero-order chi connectivity index (χ0) is 19.6. The van der Waals surface area contributed by atoms with Crippen molar-refractivity contribution < 1.29 is 4.79 Å². The number of hydrogen-bond acceptors (Lipinski definition) is 2. The van der Waals surface area contributed by atoms with E-state index in [2.05, 4.69) is 21.9 Å². The van der Waals surface area contributed by atoms with Gasteiger partial charge in [-0.2, -0.15) is 0 Å². The first-order valence-corrected chi connectivity index (χ1v) is 10.8. The zero-order valence-corrected chi connectivity index (χ0v) is 17.6. The lowest BCUT2D eigenvalue weighted by Gasteiger charge is -2.46. The summed E-state index contributed by atoms with van der Waals surface area (Å²) in [5.41, 5.74) is 2.38. The lowest BCUT2D eigenvalue weighted by atomic mass is 9.86. The van der Waals surface area contributed by atoms with Crippen LogP contribution in [0.3, 0.4) is 0 Å². The van der Waals surface area contributed by atoms with E-state index in [1.54, 1.807) is 0 Å². The minimum atomic E-state index is 0.107. The van der Waals surface area contributed by atoms with E-state index in [9.17, 15) is 4.79 Å². The number of rotatable bonds is 4. The van der Waals surface area contributed by atoms with Crippen LogP contribution in [-0.2, 0) is 17.8 Å². The predicted molar refractivity (Wildman–Crippen MR) is 115 cm³/mol. The van der Waals surface area contributed by atoms with E-state index < -0.39 is 0 Å². The Kier molecular flexibility index (Phi) is 5.96. The molecule has 0 aromatic heterocycles. The maximum Gasteiger partial charge on any atom is 0.227 e. The molecule has 2 aliphatic rings. The summed E-state index contributed by atoms with van der Waals surface area (Å²) in [5, 5.41) is 1.49. The molecule has 0 saturated carbocycles.